The van der Waals surface area contributed by atoms with E-state index in [2.05, 4.69) is 15.3 Å². The predicted molar refractivity (Wildman–Crippen MR) is 71.4 cm³/mol. The van der Waals surface area contributed by atoms with Gasteiger partial charge in [-0.1, -0.05) is 30.3 Å². The average Bonchev–Trinajstić information content (AvgIpc) is 2.36. The molecule has 0 aliphatic heterocycles. The third-order valence-corrected chi connectivity index (χ3v) is 2.63. The Morgan fingerprint density at radius 1 is 1.17 bits per heavy atom. The van der Waals surface area contributed by atoms with Crippen LogP contribution in [-0.2, 0) is 0 Å². The summed E-state index contributed by atoms with van der Waals surface area (Å²) in [5.74, 6) is 1.47. The third kappa shape index (κ3) is 3.28. The highest BCUT2D eigenvalue weighted by Crippen LogP contribution is 2.13. The van der Waals surface area contributed by atoms with Gasteiger partial charge < -0.3 is 10.4 Å². The SMILES string of the molecule is Cc1cc(NC[C@@H](O)c2ccccc2)nc(C)n1. The van der Waals surface area contributed by atoms with Gasteiger partial charge in [-0.3, -0.25) is 0 Å². The number of hydrogen-bond acceptors (Lipinski definition) is 4. The molecule has 0 bridgehead atoms. The summed E-state index contributed by atoms with van der Waals surface area (Å²) in [6, 6.07) is 11.4. The zero-order valence-corrected chi connectivity index (χ0v) is 10.6. The summed E-state index contributed by atoms with van der Waals surface area (Å²) in [5.41, 5.74) is 1.81. The Morgan fingerprint density at radius 3 is 2.56 bits per heavy atom. The number of hydrogen-bond donors (Lipinski definition) is 2. The van der Waals surface area contributed by atoms with E-state index in [1.165, 1.54) is 0 Å². The molecule has 0 saturated carbocycles. The van der Waals surface area contributed by atoms with E-state index < -0.39 is 6.10 Å². The molecule has 2 N–H and O–H groups in total. The Balaban J connectivity index is 1.99. The van der Waals surface area contributed by atoms with Gasteiger partial charge in [0.15, 0.2) is 0 Å². The third-order valence-electron chi connectivity index (χ3n) is 2.63. The molecule has 0 aliphatic carbocycles. The van der Waals surface area contributed by atoms with E-state index in [-0.39, 0.29) is 0 Å². The fraction of sp³-hybridized carbons (Fsp3) is 0.286. The van der Waals surface area contributed by atoms with E-state index in [0.717, 1.165) is 22.9 Å². The molecule has 0 aliphatic rings. The number of rotatable bonds is 4. The lowest BCUT2D eigenvalue weighted by atomic mass is 10.1. The van der Waals surface area contributed by atoms with Crippen LogP contribution < -0.4 is 5.32 Å². The largest absolute Gasteiger partial charge is 0.387 e. The van der Waals surface area contributed by atoms with Gasteiger partial charge in [0.25, 0.3) is 0 Å². The van der Waals surface area contributed by atoms with Gasteiger partial charge in [-0.15, -0.1) is 0 Å². The van der Waals surface area contributed by atoms with Crippen LogP contribution in [-0.4, -0.2) is 21.6 Å². The topological polar surface area (TPSA) is 58.0 Å². The number of aromatic nitrogens is 2. The smallest absolute Gasteiger partial charge is 0.130 e. The van der Waals surface area contributed by atoms with Crippen molar-refractivity contribution in [1.82, 2.24) is 9.97 Å². The van der Waals surface area contributed by atoms with Crippen LogP contribution in [0.25, 0.3) is 0 Å². The van der Waals surface area contributed by atoms with Crippen LogP contribution in [0, 0.1) is 13.8 Å². The van der Waals surface area contributed by atoms with E-state index in [9.17, 15) is 5.11 Å². The average molecular weight is 243 g/mol. The summed E-state index contributed by atoms with van der Waals surface area (Å²) in [4.78, 5) is 8.47. The molecule has 1 aromatic heterocycles. The van der Waals surface area contributed by atoms with E-state index >= 15 is 0 Å². The predicted octanol–water partition coefficient (Wildman–Crippen LogP) is 2.24. The van der Waals surface area contributed by atoms with E-state index in [1.807, 2.05) is 50.2 Å². The maximum atomic E-state index is 10.0. The van der Waals surface area contributed by atoms with Crippen LogP contribution in [0.5, 0.6) is 0 Å². The molecular weight excluding hydrogens is 226 g/mol. The zero-order chi connectivity index (χ0) is 13.0. The molecule has 18 heavy (non-hydrogen) atoms. The Hall–Kier alpha value is -1.94. The fourth-order valence-electron chi connectivity index (χ4n) is 1.80. The van der Waals surface area contributed by atoms with Crippen LogP contribution in [0.4, 0.5) is 5.82 Å². The molecule has 1 atom stereocenters. The maximum absolute atomic E-state index is 10.0. The van der Waals surface area contributed by atoms with Crippen molar-refractivity contribution in [3.63, 3.8) is 0 Å². The normalized spacial score (nSPS) is 12.2. The molecule has 0 spiro atoms. The summed E-state index contributed by atoms with van der Waals surface area (Å²) in [6.45, 7) is 4.21. The Labute approximate surface area is 107 Å². The Kier molecular flexibility index (Phi) is 3.89. The second kappa shape index (κ2) is 5.60. The van der Waals surface area contributed by atoms with Crippen molar-refractivity contribution in [2.45, 2.75) is 20.0 Å². The van der Waals surface area contributed by atoms with Crippen molar-refractivity contribution in [3.8, 4) is 0 Å². The number of nitrogens with one attached hydrogen (secondary N) is 1. The number of aliphatic hydroxyl groups is 1. The standard InChI is InChI=1S/C14H17N3O/c1-10-8-14(17-11(2)16-10)15-9-13(18)12-6-4-3-5-7-12/h3-8,13,18H,9H2,1-2H3,(H,15,16,17)/t13-/m1/s1. The highest BCUT2D eigenvalue weighted by molar-refractivity contribution is 5.36. The number of aryl methyl sites for hydroxylation is 2. The van der Waals surface area contributed by atoms with Crippen LogP contribution in [0.2, 0.25) is 0 Å². The molecule has 2 rings (SSSR count). The van der Waals surface area contributed by atoms with Gasteiger partial charge in [-0.2, -0.15) is 0 Å². The first-order chi connectivity index (χ1) is 8.65. The number of benzene rings is 1. The lowest BCUT2D eigenvalue weighted by Crippen LogP contribution is -2.13. The van der Waals surface area contributed by atoms with Crippen molar-refractivity contribution >= 4 is 5.82 Å². The molecular formula is C14H17N3O. The summed E-state index contributed by atoms with van der Waals surface area (Å²) in [7, 11) is 0. The molecule has 1 aromatic carbocycles. The van der Waals surface area contributed by atoms with Gasteiger partial charge in [0.05, 0.1) is 6.10 Å². The van der Waals surface area contributed by atoms with Crippen molar-refractivity contribution in [1.29, 1.82) is 0 Å². The second-order valence-electron chi connectivity index (χ2n) is 4.25. The van der Waals surface area contributed by atoms with E-state index in [0.29, 0.717) is 6.54 Å². The molecule has 4 heteroatoms. The lowest BCUT2D eigenvalue weighted by Gasteiger charge is -2.13. The summed E-state index contributed by atoms with van der Waals surface area (Å²) >= 11 is 0. The minimum atomic E-state index is -0.540. The van der Waals surface area contributed by atoms with Crippen molar-refractivity contribution in [3.05, 3.63) is 53.5 Å². The van der Waals surface area contributed by atoms with Crippen molar-refractivity contribution < 1.29 is 5.11 Å². The van der Waals surface area contributed by atoms with Gasteiger partial charge in [-0.25, -0.2) is 9.97 Å². The van der Waals surface area contributed by atoms with Crippen molar-refractivity contribution in [2.24, 2.45) is 0 Å². The molecule has 0 saturated heterocycles. The van der Waals surface area contributed by atoms with Gasteiger partial charge in [0.2, 0.25) is 0 Å². The number of aliphatic hydroxyl groups excluding tert-OH is 1. The van der Waals surface area contributed by atoms with Gasteiger partial charge in [0.1, 0.15) is 11.6 Å². The fourth-order valence-corrected chi connectivity index (χ4v) is 1.80. The summed E-state index contributed by atoms with van der Waals surface area (Å²) < 4.78 is 0. The zero-order valence-electron chi connectivity index (χ0n) is 10.6. The molecule has 0 amide bonds. The van der Waals surface area contributed by atoms with E-state index in [1.54, 1.807) is 0 Å². The molecule has 0 unspecified atom stereocenters. The van der Waals surface area contributed by atoms with Crippen LogP contribution in [0.3, 0.4) is 0 Å². The first kappa shape index (κ1) is 12.5. The van der Waals surface area contributed by atoms with Crippen molar-refractivity contribution in [2.75, 3.05) is 11.9 Å². The minimum absolute atomic E-state index is 0.430. The number of anilines is 1. The van der Waals surface area contributed by atoms with E-state index in [4.69, 9.17) is 0 Å². The Morgan fingerprint density at radius 2 is 1.89 bits per heavy atom. The molecule has 0 fully saturated rings. The first-order valence-electron chi connectivity index (χ1n) is 5.94. The van der Waals surface area contributed by atoms with Crippen LogP contribution >= 0.6 is 0 Å². The molecule has 1 heterocycles. The highest BCUT2D eigenvalue weighted by atomic mass is 16.3. The number of nitrogens with zero attached hydrogens (tertiary/aromatic N) is 2. The summed E-state index contributed by atoms with van der Waals surface area (Å²) in [6.07, 6.45) is -0.540. The molecule has 4 nitrogen and oxygen atoms in total. The summed E-state index contributed by atoms with van der Waals surface area (Å²) in [5, 5.41) is 13.1. The second-order valence-corrected chi connectivity index (χ2v) is 4.25. The van der Waals surface area contributed by atoms with Crippen LogP contribution in [0.1, 0.15) is 23.2 Å². The molecule has 2 aromatic rings. The molecule has 0 radical (unpaired) electrons. The minimum Gasteiger partial charge on any atom is -0.387 e. The van der Waals surface area contributed by atoms with Crippen LogP contribution in [0.15, 0.2) is 36.4 Å². The quantitative estimate of drug-likeness (QED) is 0.864. The Bertz CT molecular complexity index is 493. The molecule has 94 valence electrons. The maximum Gasteiger partial charge on any atom is 0.130 e. The highest BCUT2D eigenvalue weighted by Gasteiger charge is 2.07. The monoisotopic (exact) mass is 243 g/mol. The van der Waals surface area contributed by atoms with Gasteiger partial charge in [0, 0.05) is 18.3 Å². The van der Waals surface area contributed by atoms with Gasteiger partial charge in [-0.05, 0) is 19.4 Å². The lowest BCUT2D eigenvalue weighted by molar-refractivity contribution is 0.191. The first-order valence-corrected chi connectivity index (χ1v) is 5.94. The van der Waals surface area contributed by atoms with Gasteiger partial charge >= 0.3 is 0 Å².